The number of nitrogens with zero attached hydrogens (tertiary/aromatic N) is 2. The van der Waals surface area contributed by atoms with Gasteiger partial charge in [0, 0.05) is 41.0 Å². The number of methoxy groups -OCH3 is 2. The summed E-state index contributed by atoms with van der Waals surface area (Å²) in [6.45, 7) is 2.79. The molecule has 1 unspecified atom stereocenters. The van der Waals surface area contributed by atoms with Crippen LogP contribution in [0.3, 0.4) is 0 Å². The van der Waals surface area contributed by atoms with Crippen LogP contribution in [0.5, 0.6) is 11.5 Å². The van der Waals surface area contributed by atoms with Gasteiger partial charge in [0.2, 0.25) is 0 Å². The molecule has 6 rings (SSSR count). The van der Waals surface area contributed by atoms with Gasteiger partial charge in [-0.2, -0.15) is 0 Å². The van der Waals surface area contributed by atoms with Crippen LogP contribution in [0.4, 0.5) is 8.78 Å². The SMILES string of the molecule is COc1ccc(C2c3cnc(-c4cc(F)cc(F)c4)cc3Cn3c2c(C)c2ccccc23)cc1OC. The molecule has 3 aromatic carbocycles. The van der Waals surface area contributed by atoms with E-state index in [1.54, 1.807) is 14.2 Å². The Morgan fingerprint density at radius 3 is 2.39 bits per heavy atom. The normalized spacial score (nSPS) is 14.4. The molecule has 0 N–H and O–H groups in total. The number of hydrogen-bond acceptors (Lipinski definition) is 3. The predicted molar refractivity (Wildman–Crippen MR) is 136 cm³/mol. The number of pyridine rings is 1. The van der Waals surface area contributed by atoms with Crippen LogP contribution in [0.25, 0.3) is 22.2 Å². The van der Waals surface area contributed by atoms with Crippen molar-refractivity contribution >= 4 is 10.9 Å². The van der Waals surface area contributed by atoms with E-state index in [2.05, 4.69) is 40.7 Å². The standard InChI is InChI=1S/C30H24F2N2O2/c1-17-23-6-4-5-7-26(23)34-16-20-12-25(19-10-21(31)14-22(32)11-19)33-15-24(20)29(30(17)34)18-8-9-27(35-2)28(13-18)36-3/h4-15,29H,16H2,1-3H3. The summed E-state index contributed by atoms with van der Waals surface area (Å²) in [7, 11) is 3.25. The molecule has 1 atom stereocenters. The minimum Gasteiger partial charge on any atom is -0.493 e. The number of aryl methyl sites for hydroxylation is 1. The summed E-state index contributed by atoms with van der Waals surface area (Å²) in [5.41, 5.74) is 7.67. The minimum atomic E-state index is -0.623. The van der Waals surface area contributed by atoms with Crippen LogP contribution in [0, 0.1) is 18.6 Å². The zero-order valence-electron chi connectivity index (χ0n) is 20.2. The van der Waals surface area contributed by atoms with Crippen molar-refractivity contribution in [3.63, 3.8) is 0 Å². The van der Waals surface area contributed by atoms with E-state index < -0.39 is 11.6 Å². The highest BCUT2D eigenvalue weighted by atomic mass is 19.1. The molecule has 0 aliphatic carbocycles. The maximum atomic E-state index is 13.9. The number of ether oxygens (including phenoxy) is 2. The Labute approximate surface area is 207 Å². The molecule has 180 valence electrons. The highest BCUT2D eigenvalue weighted by molar-refractivity contribution is 5.86. The van der Waals surface area contributed by atoms with Crippen LogP contribution >= 0.6 is 0 Å². The Hall–Kier alpha value is -4.19. The number of para-hydroxylation sites is 1. The Morgan fingerprint density at radius 2 is 1.64 bits per heavy atom. The molecular formula is C30H24F2N2O2. The Morgan fingerprint density at radius 1 is 0.889 bits per heavy atom. The summed E-state index contributed by atoms with van der Waals surface area (Å²) in [6.07, 6.45) is 1.84. The molecule has 5 aromatic rings. The number of hydrogen-bond donors (Lipinski definition) is 0. The monoisotopic (exact) mass is 482 g/mol. The van der Waals surface area contributed by atoms with Gasteiger partial charge >= 0.3 is 0 Å². The molecule has 4 nitrogen and oxygen atoms in total. The van der Waals surface area contributed by atoms with Crippen molar-refractivity contribution in [3.8, 4) is 22.8 Å². The third-order valence-electron chi connectivity index (χ3n) is 7.11. The fraction of sp³-hybridized carbons (Fsp3) is 0.167. The fourth-order valence-corrected chi connectivity index (χ4v) is 5.49. The van der Waals surface area contributed by atoms with E-state index in [1.165, 1.54) is 28.8 Å². The topological polar surface area (TPSA) is 36.3 Å². The van der Waals surface area contributed by atoms with Gasteiger partial charge in [-0.15, -0.1) is 0 Å². The summed E-state index contributed by atoms with van der Waals surface area (Å²) in [5.74, 6) is -0.0331. The summed E-state index contributed by atoms with van der Waals surface area (Å²) < 4.78 is 41.3. The lowest BCUT2D eigenvalue weighted by molar-refractivity contribution is 0.354. The smallest absolute Gasteiger partial charge is 0.161 e. The maximum absolute atomic E-state index is 13.9. The average molecular weight is 483 g/mol. The molecule has 6 heteroatoms. The van der Waals surface area contributed by atoms with Crippen molar-refractivity contribution in [1.29, 1.82) is 0 Å². The van der Waals surface area contributed by atoms with E-state index in [0.29, 0.717) is 29.3 Å². The number of fused-ring (bicyclic) bond motifs is 4. The molecule has 0 radical (unpaired) electrons. The van der Waals surface area contributed by atoms with Crippen molar-refractivity contribution < 1.29 is 18.3 Å². The average Bonchev–Trinajstić information content (AvgIpc) is 3.17. The first-order valence-corrected chi connectivity index (χ1v) is 11.7. The lowest BCUT2D eigenvalue weighted by atomic mass is 9.82. The summed E-state index contributed by atoms with van der Waals surface area (Å²) in [5, 5.41) is 1.20. The lowest BCUT2D eigenvalue weighted by Crippen LogP contribution is -2.21. The number of benzene rings is 3. The van der Waals surface area contributed by atoms with Crippen LogP contribution in [0.15, 0.2) is 72.9 Å². The second-order valence-electron chi connectivity index (χ2n) is 9.09. The molecular weight excluding hydrogens is 458 g/mol. The Balaban J connectivity index is 1.60. The highest BCUT2D eigenvalue weighted by Crippen LogP contribution is 2.45. The molecule has 1 aliphatic heterocycles. The van der Waals surface area contributed by atoms with Gasteiger partial charge in [-0.1, -0.05) is 24.3 Å². The second-order valence-corrected chi connectivity index (χ2v) is 9.09. The van der Waals surface area contributed by atoms with E-state index in [0.717, 1.165) is 28.3 Å². The van der Waals surface area contributed by atoms with Crippen LogP contribution in [-0.2, 0) is 6.54 Å². The maximum Gasteiger partial charge on any atom is 0.161 e. The molecule has 3 heterocycles. The Kier molecular flexibility index (Phi) is 5.25. The quantitative estimate of drug-likeness (QED) is 0.276. The third-order valence-corrected chi connectivity index (χ3v) is 7.11. The van der Waals surface area contributed by atoms with Crippen LogP contribution in [-0.4, -0.2) is 23.8 Å². The van der Waals surface area contributed by atoms with Gasteiger partial charge < -0.3 is 14.0 Å². The van der Waals surface area contributed by atoms with Gasteiger partial charge in [-0.05, 0) is 65.6 Å². The van der Waals surface area contributed by atoms with E-state index in [-0.39, 0.29) is 5.92 Å². The third kappa shape index (κ3) is 3.44. The minimum absolute atomic E-state index is 0.105. The van der Waals surface area contributed by atoms with Crippen molar-refractivity contribution in [1.82, 2.24) is 9.55 Å². The summed E-state index contributed by atoms with van der Waals surface area (Å²) >= 11 is 0. The van der Waals surface area contributed by atoms with Gasteiger partial charge in [-0.25, -0.2) is 8.78 Å². The number of aromatic nitrogens is 2. The number of rotatable bonds is 4. The van der Waals surface area contributed by atoms with Crippen molar-refractivity contribution in [2.24, 2.45) is 0 Å². The van der Waals surface area contributed by atoms with Crippen LogP contribution in [0.2, 0.25) is 0 Å². The molecule has 2 aromatic heterocycles. The van der Waals surface area contributed by atoms with Gasteiger partial charge in [-0.3, -0.25) is 4.98 Å². The molecule has 0 amide bonds. The lowest BCUT2D eigenvalue weighted by Gasteiger charge is -2.30. The van der Waals surface area contributed by atoms with Gasteiger partial charge in [0.05, 0.1) is 25.8 Å². The summed E-state index contributed by atoms with van der Waals surface area (Å²) in [4.78, 5) is 4.65. The van der Waals surface area contributed by atoms with Crippen LogP contribution in [0.1, 0.15) is 33.9 Å². The highest BCUT2D eigenvalue weighted by Gasteiger charge is 2.32. The first-order valence-electron chi connectivity index (χ1n) is 11.7. The largest absolute Gasteiger partial charge is 0.493 e. The van der Waals surface area contributed by atoms with E-state index in [9.17, 15) is 8.78 Å². The first-order chi connectivity index (χ1) is 17.5. The fourth-order valence-electron chi connectivity index (χ4n) is 5.49. The van der Waals surface area contributed by atoms with Gasteiger partial charge in [0.15, 0.2) is 11.5 Å². The molecule has 36 heavy (non-hydrogen) atoms. The Bertz CT molecular complexity index is 1620. The van der Waals surface area contributed by atoms with Gasteiger partial charge in [0.1, 0.15) is 11.6 Å². The van der Waals surface area contributed by atoms with Crippen LogP contribution < -0.4 is 9.47 Å². The van der Waals surface area contributed by atoms with Crippen molar-refractivity contribution in [3.05, 3.63) is 113 Å². The zero-order chi connectivity index (χ0) is 25.0. The molecule has 0 spiro atoms. The summed E-state index contributed by atoms with van der Waals surface area (Å²) in [6, 6.07) is 19.8. The number of halogens is 2. The van der Waals surface area contributed by atoms with Gasteiger partial charge in [0.25, 0.3) is 0 Å². The predicted octanol–water partition coefficient (Wildman–Crippen LogP) is 6.85. The van der Waals surface area contributed by atoms with E-state index >= 15 is 0 Å². The molecule has 0 saturated carbocycles. The molecule has 1 aliphatic rings. The van der Waals surface area contributed by atoms with Crippen molar-refractivity contribution in [2.45, 2.75) is 19.4 Å². The second kappa shape index (κ2) is 8.48. The molecule has 0 saturated heterocycles. The van der Waals surface area contributed by atoms with Crippen molar-refractivity contribution in [2.75, 3.05) is 14.2 Å². The van der Waals surface area contributed by atoms with E-state index in [1.807, 2.05) is 30.5 Å². The molecule has 0 bridgehead atoms. The van der Waals surface area contributed by atoms with E-state index in [4.69, 9.17) is 9.47 Å². The zero-order valence-corrected chi connectivity index (χ0v) is 20.2. The first kappa shape index (κ1) is 22.3. The molecule has 0 fully saturated rings.